The monoisotopic (exact) mass is 396 g/mol. The van der Waals surface area contributed by atoms with Crippen LogP contribution in [0.15, 0.2) is 41.6 Å². The quantitative estimate of drug-likeness (QED) is 0.403. The Balaban J connectivity index is 1.76. The molecule has 29 heavy (non-hydrogen) atoms. The highest BCUT2D eigenvalue weighted by atomic mass is 19.1. The molecule has 0 aliphatic carbocycles. The number of halogens is 2. The molecule has 3 heterocycles. The van der Waals surface area contributed by atoms with E-state index in [2.05, 4.69) is 30.8 Å². The number of hydrogen-bond acceptors (Lipinski definition) is 6. The van der Waals surface area contributed by atoms with Crippen LogP contribution >= 0.6 is 0 Å². The summed E-state index contributed by atoms with van der Waals surface area (Å²) in [4.78, 5) is 14.8. The van der Waals surface area contributed by atoms with Crippen LogP contribution in [0.25, 0.3) is 16.6 Å². The lowest BCUT2D eigenvalue weighted by Crippen LogP contribution is -2.25. The van der Waals surface area contributed by atoms with Crippen molar-refractivity contribution in [2.24, 2.45) is 10.8 Å². The summed E-state index contributed by atoms with van der Waals surface area (Å²) < 4.78 is 30.8. The number of hydrazone groups is 1. The van der Waals surface area contributed by atoms with E-state index in [-0.39, 0.29) is 28.7 Å². The van der Waals surface area contributed by atoms with Crippen LogP contribution in [0.5, 0.6) is 0 Å². The molecular weight excluding hydrogens is 382 g/mol. The van der Waals surface area contributed by atoms with Crippen LogP contribution in [0.1, 0.15) is 24.0 Å². The predicted molar refractivity (Wildman–Crippen MR) is 100 cm³/mol. The fraction of sp³-hybridized carbons (Fsp3) is 0.111. The van der Waals surface area contributed by atoms with E-state index in [1.165, 1.54) is 22.8 Å². The van der Waals surface area contributed by atoms with Gasteiger partial charge in [0.25, 0.3) is 0 Å². The fourth-order valence-corrected chi connectivity index (χ4v) is 2.85. The first-order valence-corrected chi connectivity index (χ1v) is 8.47. The Hall–Kier alpha value is -4.02. The molecule has 4 aromatic rings. The number of urea groups is 1. The van der Waals surface area contributed by atoms with Crippen LogP contribution in [0.2, 0.25) is 0 Å². The number of hydrogen-bond donors (Lipinski definition) is 2. The molecule has 0 fully saturated rings. The number of pyridine rings is 1. The van der Waals surface area contributed by atoms with Gasteiger partial charge in [0, 0.05) is 29.6 Å². The Morgan fingerprint density at radius 1 is 1.28 bits per heavy atom. The smallest absolute Gasteiger partial charge is 0.332 e. The van der Waals surface area contributed by atoms with Crippen LogP contribution in [0.3, 0.4) is 0 Å². The molecule has 0 unspecified atom stereocenters. The van der Waals surface area contributed by atoms with Crippen LogP contribution in [0.4, 0.5) is 13.6 Å². The molecular formula is C18H14F2N8O. The first kappa shape index (κ1) is 18.3. The third kappa shape index (κ3) is 3.45. The van der Waals surface area contributed by atoms with Gasteiger partial charge >= 0.3 is 6.03 Å². The van der Waals surface area contributed by atoms with Crippen molar-refractivity contribution >= 4 is 28.3 Å². The zero-order valence-electron chi connectivity index (χ0n) is 15.1. The second-order valence-corrected chi connectivity index (χ2v) is 6.18. The number of fused-ring (bicyclic) bond motifs is 2. The molecule has 4 rings (SSSR count). The molecule has 1 aromatic carbocycles. The lowest BCUT2D eigenvalue weighted by molar-refractivity contribution is 0.249. The minimum absolute atomic E-state index is 0.159. The van der Waals surface area contributed by atoms with Crippen molar-refractivity contribution in [1.82, 2.24) is 30.2 Å². The summed E-state index contributed by atoms with van der Waals surface area (Å²) in [6.45, 7) is 1.61. The molecule has 0 saturated heterocycles. The van der Waals surface area contributed by atoms with Crippen molar-refractivity contribution in [3.8, 4) is 0 Å². The number of benzene rings is 1. The number of aromatic nitrogens is 5. The standard InChI is InChI=1S/C18H14F2N8O/c1-9(23-26-18(21)29)13-4-5-15-24-25-16(28(15)27-13)7-11-12(19)8-14-10(17(11)20)3-2-6-22-14/h2-6,8H,7H2,1H3,(H3,21,26,29)/b23-9+. The zero-order valence-corrected chi connectivity index (χ0v) is 15.1. The zero-order chi connectivity index (χ0) is 20.5. The minimum Gasteiger partial charge on any atom is -0.350 e. The Kier molecular flexibility index (Phi) is 4.55. The number of nitrogens with one attached hydrogen (secondary N) is 1. The number of primary amides is 1. The van der Waals surface area contributed by atoms with Gasteiger partial charge in [-0.25, -0.2) is 19.0 Å². The lowest BCUT2D eigenvalue weighted by Gasteiger charge is -2.07. The van der Waals surface area contributed by atoms with Crippen LogP contribution in [-0.2, 0) is 6.42 Å². The first-order chi connectivity index (χ1) is 13.9. The molecule has 0 spiro atoms. The van der Waals surface area contributed by atoms with Gasteiger partial charge in [-0.15, -0.1) is 10.2 Å². The normalized spacial score (nSPS) is 11.9. The summed E-state index contributed by atoms with van der Waals surface area (Å²) in [5.74, 6) is -1.20. The third-order valence-electron chi connectivity index (χ3n) is 4.26. The number of rotatable bonds is 4. The maximum absolute atomic E-state index is 14.9. The highest BCUT2D eigenvalue weighted by molar-refractivity contribution is 5.97. The van der Waals surface area contributed by atoms with Gasteiger partial charge in [-0.2, -0.15) is 14.7 Å². The van der Waals surface area contributed by atoms with E-state index < -0.39 is 17.7 Å². The second kappa shape index (κ2) is 7.19. The Bertz CT molecular complexity index is 1280. The summed E-state index contributed by atoms with van der Waals surface area (Å²) >= 11 is 0. The number of nitrogens with zero attached hydrogens (tertiary/aromatic N) is 6. The summed E-state index contributed by atoms with van der Waals surface area (Å²) in [6, 6.07) is 6.73. The molecule has 0 bridgehead atoms. The maximum Gasteiger partial charge on any atom is 0.332 e. The Morgan fingerprint density at radius 2 is 2.10 bits per heavy atom. The second-order valence-electron chi connectivity index (χ2n) is 6.18. The van der Waals surface area contributed by atoms with Crippen molar-refractivity contribution in [1.29, 1.82) is 0 Å². The molecule has 2 amide bonds. The third-order valence-corrected chi connectivity index (χ3v) is 4.26. The van der Waals surface area contributed by atoms with E-state index in [0.717, 1.165) is 0 Å². The first-order valence-electron chi connectivity index (χ1n) is 8.47. The van der Waals surface area contributed by atoms with Gasteiger partial charge in [0.1, 0.15) is 17.3 Å². The molecule has 0 atom stereocenters. The van der Waals surface area contributed by atoms with E-state index >= 15 is 0 Å². The Labute approximate surface area is 162 Å². The summed E-state index contributed by atoms with van der Waals surface area (Å²) in [5.41, 5.74) is 8.34. The highest BCUT2D eigenvalue weighted by Crippen LogP contribution is 2.24. The molecule has 3 aromatic heterocycles. The molecule has 0 aliphatic heterocycles. The summed E-state index contributed by atoms with van der Waals surface area (Å²) in [6.07, 6.45) is 1.30. The largest absolute Gasteiger partial charge is 0.350 e. The van der Waals surface area contributed by atoms with E-state index in [0.29, 0.717) is 17.1 Å². The fourth-order valence-electron chi connectivity index (χ4n) is 2.85. The van der Waals surface area contributed by atoms with Gasteiger partial charge in [0.15, 0.2) is 11.5 Å². The number of carbonyl (C=O) groups is 1. The topological polar surface area (TPSA) is 123 Å². The van der Waals surface area contributed by atoms with Crippen molar-refractivity contribution in [2.45, 2.75) is 13.3 Å². The number of amides is 2. The van der Waals surface area contributed by atoms with E-state index in [1.54, 1.807) is 25.1 Å². The van der Waals surface area contributed by atoms with Crippen molar-refractivity contribution < 1.29 is 13.6 Å². The summed E-state index contributed by atoms with van der Waals surface area (Å²) in [7, 11) is 0. The van der Waals surface area contributed by atoms with Gasteiger partial charge in [-0.3, -0.25) is 4.98 Å². The molecule has 0 saturated carbocycles. The predicted octanol–water partition coefficient (Wildman–Crippen LogP) is 1.93. The molecule has 146 valence electrons. The van der Waals surface area contributed by atoms with Crippen LogP contribution in [0, 0.1) is 11.6 Å². The molecule has 0 aliphatic rings. The molecule has 3 N–H and O–H groups in total. The lowest BCUT2D eigenvalue weighted by atomic mass is 10.1. The van der Waals surface area contributed by atoms with E-state index in [9.17, 15) is 13.6 Å². The van der Waals surface area contributed by atoms with Crippen LogP contribution < -0.4 is 11.2 Å². The van der Waals surface area contributed by atoms with Crippen molar-refractivity contribution in [2.75, 3.05) is 0 Å². The molecule has 0 radical (unpaired) electrons. The van der Waals surface area contributed by atoms with Gasteiger partial charge in [0.2, 0.25) is 0 Å². The molecule has 9 nitrogen and oxygen atoms in total. The average molecular weight is 396 g/mol. The molecule has 11 heteroatoms. The number of nitrogens with two attached hydrogens (primary N) is 1. The minimum atomic E-state index is -0.813. The van der Waals surface area contributed by atoms with Gasteiger partial charge in [-0.1, -0.05) is 0 Å². The Morgan fingerprint density at radius 3 is 2.90 bits per heavy atom. The average Bonchev–Trinajstić information content (AvgIpc) is 3.11. The van der Waals surface area contributed by atoms with E-state index in [4.69, 9.17) is 5.73 Å². The van der Waals surface area contributed by atoms with Crippen LogP contribution in [-0.4, -0.2) is 36.5 Å². The SMILES string of the molecule is C/C(=N\NC(N)=O)c1ccc2nnc(Cc3c(F)cc4ncccc4c3F)n2n1. The van der Waals surface area contributed by atoms with Crippen molar-refractivity contribution in [3.05, 3.63) is 65.2 Å². The maximum atomic E-state index is 14.9. The van der Waals surface area contributed by atoms with Gasteiger partial charge in [-0.05, 0) is 31.2 Å². The summed E-state index contributed by atoms with van der Waals surface area (Å²) in [5, 5.41) is 16.3. The van der Waals surface area contributed by atoms with E-state index in [1.807, 2.05) is 0 Å². The van der Waals surface area contributed by atoms with Gasteiger partial charge in [0.05, 0.1) is 11.2 Å². The highest BCUT2D eigenvalue weighted by Gasteiger charge is 2.18. The number of carbonyl (C=O) groups excluding carboxylic acids is 1. The van der Waals surface area contributed by atoms with Crippen molar-refractivity contribution in [3.63, 3.8) is 0 Å². The van der Waals surface area contributed by atoms with Gasteiger partial charge < -0.3 is 5.73 Å².